The number of carbonyl (C=O) groups excluding carboxylic acids is 2. The van der Waals surface area contributed by atoms with Crippen molar-refractivity contribution in [2.45, 2.75) is 60.3 Å². The molecule has 0 atom stereocenters. The number of pyridine rings is 1. The number of benzene rings is 1. The highest BCUT2D eigenvalue weighted by Crippen LogP contribution is 2.37. The van der Waals surface area contributed by atoms with Crippen LogP contribution < -0.4 is 32.3 Å². The largest absolute Gasteiger partial charge is 0.393 e. The smallest absolute Gasteiger partial charge is 0.269 e. The van der Waals surface area contributed by atoms with Crippen molar-refractivity contribution in [3.63, 3.8) is 0 Å². The van der Waals surface area contributed by atoms with Crippen LogP contribution in [-0.2, 0) is 9.59 Å². The Bertz CT molecular complexity index is 1520. The fourth-order valence-electron chi connectivity index (χ4n) is 4.51. The molecule has 4 rings (SSSR count). The van der Waals surface area contributed by atoms with E-state index in [0.717, 1.165) is 24.9 Å². The number of para-hydroxylation sites is 1. The van der Waals surface area contributed by atoms with Crippen molar-refractivity contribution >= 4 is 23.2 Å². The molecule has 2 amide bonds. The van der Waals surface area contributed by atoms with Gasteiger partial charge in [-0.25, -0.2) is 4.39 Å². The Labute approximate surface area is 292 Å². The second kappa shape index (κ2) is 21.7. The van der Waals surface area contributed by atoms with Crippen LogP contribution in [0.15, 0.2) is 90.3 Å². The minimum absolute atomic E-state index is 0.0378. The number of hydrogen-bond acceptors (Lipinski definition) is 8. The lowest BCUT2D eigenvalue weighted by Gasteiger charge is -2.23. The molecule has 7 N–H and O–H groups in total. The van der Waals surface area contributed by atoms with Crippen molar-refractivity contribution < 1.29 is 14.0 Å². The van der Waals surface area contributed by atoms with Gasteiger partial charge in [-0.1, -0.05) is 64.6 Å². The Morgan fingerprint density at radius 1 is 1.10 bits per heavy atom. The van der Waals surface area contributed by atoms with E-state index < -0.39 is 11.7 Å². The fraction of sp³-hybridized carbons (Fsp3) is 0.395. The zero-order valence-electron chi connectivity index (χ0n) is 30.8. The molecule has 0 unspecified atom stereocenters. The molecule has 0 spiro atoms. The Hall–Kier alpha value is -5.06. The van der Waals surface area contributed by atoms with Crippen molar-refractivity contribution in [2.24, 2.45) is 17.4 Å². The van der Waals surface area contributed by atoms with Gasteiger partial charge in [0.05, 0.1) is 22.8 Å². The maximum Gasteiger partial charge on any atom is 0.269 e. The number of nitrogens with zero attached hydrogens (tertiary/aromatic N) is 3. The number of hydrogen-bond donors (Lipinski definition) is 5. The monoisotopic (exact) mass is 676 g/mol. The molecule has 0 aliphatic heterocycles. The Balaban J connectivity index is 0.000000669. The van der Waals surface area contributed by atoms with Crippen LogP contribution in [0, 0.1) is 18.7 Å². The molecular weight excluding hydrogens is 619 g/mol. The van der Waals surface area contributed by atoms with Crippen LogP contribution in [0.4, 0.5) is 15.8 Å². The second-order valence-electron chi connectivity index (χ2n) is 11.1. The molecule has 49 heavy (non-hydrogen) atoms. The van der Waals surface area contributed by atoms with Crippen LogP contribution in [-0.4, -0.2) is 56.4 Å². The Morgan fingerprint density at radius 3 is 2.31 bits per heavy atom. The molecule has 11 heteroatoms. The van der Waals surface area contributed by atoms with Gasteiger partial charge in [0, 0.05) is 64.1 Å². The van der Waals surface area contributed by atoms with Gasteiger partial charge in [-0.15, -0.1) is 0 Å². The first-order valence-electron chi connectivity index (χ1n) is 16.8. The zero-order chi connectivity index (χ0) is 37.1. The summed E-state index contributed by atoms with van der Waals surface area (Å²) in [5.41, 5.74) is 16.5. The third kappa shape index (κ3) is 13.5. The van der Waals surface area contributed by atoms with E-state index in [9.17, 15) is 14.0 Å². The van der Waals surface area contributed by atoms with Crippen LogP contribution in [0.5, 0.6) is 0 Å². The molecule has 2 aliphatic rings. The highest BCUT2D eigenvalue weighted by Gasteiger charge is 2.29. The van der Waals surface area contributed by atoms with E-state index in [1.165, 1.54) is 37.6 Å². The fourth-order valence-corrected chi connectivity index (χ4v) is 4.51. The molecule has 2 aromatic rings. The summed E-state index contributed by atoms with van der Waals surface area (Å²) in [4.78, 5) is 32.4. The van der Waals surface area contributed by atoms with Gasteiger partial charge in [-0.3, -0.25) is 14.6 Å². The SMILES string of the molecule is C=CN(C)CC1=CCCC=C1.CC.CC.CNC(=O)/C(N)=C(/C=C(\N)NC(=O)C1CC1)Nc1cccc(-c2cnc(C)c(F)c2)c1N(C)C. The van der Waals surface area contributed by atoms with Crippen molar-refractivity contribution in [3.8, 4) is 11.1 Å². The summed E-state index contributed by atoms with van der Waals surface area (Å²) >= 11 is 0. The standard InChI is InChI=1S/C24H30FN7O2.C10H15N.2C2H6/c1-13-17(25)10-15(12-29-13)16-6-5-7-18(22(16)32(3)4)30-19(21(27)24(34)28-2)11-20(26)31-23(33)14-8-9-14;1-3-11(2)9-10-7-5-4-6-8-10;2*1-2/h5-7,10-12,14,30H,8-9,26-27H2,1-4H3,(H,28,34)(H,31,33);3,5,7-8H,1,4,6,9H2,2H3;2*1-2H3/b20-11+,21-19+;;;. The average molecular weight is 677 g/mol. The highest BCUT2D eigenvalue weighted by molar-refractivity contribution is 5.95. The Morgan fingerprint density at radius 2 is 1.78 bits per heavy atom. The van der Waals surface area contributed by atoms with E-state index in [-0.39, 0.29) is 29.0 Å². The normalized spacial score (nSPS) is 13.7. The van der Waals surface area contributed by atoms with Crippen LogP contribution >= 0.6 is 0 Å². The number of amides is 2. The number of halogens is 1. The number of anilines is 2. The summed E-state index contributed by atoms with van der Waals surface area (Å²) in [6.07, 6.45) is 15.6. The summed E-state index contributed by atoms with van der Waals surface area (Å²) in [6.45, 7) is 14.3. The van der Waals surface area contributed by atoms with E-state index in [1.807, 2.05) is 66.0 Å². The maximum absolute atomic E-state index is 14.2. The van der Waals surface area contributed by atoms with Gasteiger partial charge < -0.3 is 37.2 Å². The minimum Gasteiger partial charge on any atom is -0.393 e. The van der Waals surface area contributed by atoms with Gasteiger partial charge >= 0.3 is 0 Å². The summed E-state index contributed by atoms with van der Waals surface area (Å²) < 4.78 is 14.2. The summed E-state index contributed by atoms with van der Waals surface area (Å²) in [5, 5.41) is 8.27. The first kappa shape index (κ1) is 42.0. The van der Waals surface area contributed by atoms with Gasteiger partial charge in [0.1, 0.15) is 17.3 Å². The number of rotatable bonds is 11. The van der Waals surface area contributed by atoms with Crippen LogP contribution in [0.25, 0.3) is 11.1 Å². The number of aryl methyl sites for hydroxylation is 1. The van der Waals surface area contributed by atoms with Gasteiger partial charge in [-0.05, 0) is 56.5 Å². The number of allylic oxidation sites excluding steroid dienone is 3. The predicted molar refractivity (Wildman–Crippen MR) is 203 cm³/mol. The molecule has 1 saturated carbocycles. The van der Waals surface area contributed by atoms with Crippen molar-refractivity contribution in [3.05, 3.63) is 102 Å². The number of nitrogens with two attached hydrogens (primary N) is 2. The first-order valence-corrected chi connectivity index (χ1v) is 16.8. The summed E-state index contributed by atoms with van der Waals surface area (Å²) in [7, 11) is 7.18. The molecule has 1 aromatic carbocycles. The molecule has 2 aliphatic carbocycles. The van der Waals surface area contributed by atoms with Crippen molar-refractivity contribution in [1.82, 2.24) is 20.5 Å². The van der Waals surface area contributed by atoms with E-state index in [1.54, 1.807) is 25.3 Å². The van der Waals surface area contributed by atoms with Crippen LogP contribution in [0.1, 0.15) is 59.1 Å². The van der Waals surface area contributed by atoms with Crippen LogP contribution in [0.3, 0.4) is 0 Å². The molecule has 268 valence electrons. The third-order valence-corrected chi connectivity index (χ3v) is 7.18. The molecular formula is C38H57FN8O2. The average Bonchev–Trinajstić information content (AvgIpc) is 3.97. The van der Waals surface area contributed by atoms with Crippen molar-refractivity contribution in [1.29, 1.82) is 0 Å². The lowest BCUT2D eigenvalue weighted by atomic mass is 10.0. The van der Waals surface area contributed by atoms with E-state index in [4.69, 9.17) is 11.5 Å². The van der Waals surface area contributed by atoms with Gasteiger partial charge in [0.25, 0.3) is 5.91 Å². The van der Waals surface area contributed by atoms with Gasteiger partial charge in [0.15, 0.2) is 0 Å². The third-order valence-electron chi connectivity index (χ3n) is 7.18. The summed E-state index contributed by atoms with van der Waals surface area (Å²) in [5.74, 6) is -1.08. The van der Waals surface area contributed by atoms with Gasteiger partial charge in [0.2, 0.25) is 5.91 Å². The number of nitrogens with one attached hydrogen (secondary N) is 3. The first-order chi connectivity index (χ1) is 23.4. The number of carbonyl (C=O) groups is 2. The van der Waals surface area contributed by atoms with E-state index in [0.29, 0.717) is 22.6 Å². The zero-order valence-corrected chi connectivity index (χ0v) is 30.8. The predicted octanol–water partition coefficient (Wildman–Crippen LogP) is 6.31. The summed E-state index contributed by atoms with van der Waals surface area (Å²) in [6, 6.07) is 6.85. The number of likely N-dealkylation sites (N-methyl/N-ethyl adjacent to an activating group) is 2. The lowest BCUT2D eigenvalue weighted by Crippen LogP contribution is -2.31. The quantitative estimate of drug-likeness (QED) is 0.138. The number of aromatic nitrogens is 1. The lowest BCUT2D eigenvalue weighted by molar-refractivity contribution is -0.121. The van der Waals surface area contributed by atoms with Crippen molar-refractivity contribution in [2.75, 3.05) is 45.0 Å². The molecule has 1 fully saturated rings. The molecule has 1 aromatic heterocycles. The molecule has 1 heterocycles. The van der Waals surface area contributed by atoms with Gasteiger partial charge in [-0.2, -0.15) is 0 Å². The van der Waals surface area contributed by atoms with Crippen LogP contribution in [0.2, 0.25) is 0 Å². The molecule has 0 saturated heterocycles. The minimum atomic E-state index is -0.521. The highest BCUT2D eigenvalue weighted by atomic mass is 19.1. The Kier molecular flexibility index (Phi) is 18.6. The molecule has 0 radical (unpaired) electrons. The molecule has 0 bridgehead atoms. The second-order valence-corrected chi connectivity index (χ2v) is 11.1. The maximum atomic E-state index is 14.2. The van der Waals surface area contributed by atoms with E-state index in [2.05, 4.69) is 50.6 Å². The molecule has 10 nitrogen and oxygen atoms in total. The topological polar surface area (TPSA) is 142 Å². The van der Waals surface area contributed by atoms with E-state index >= 15 is 0 Å².